The van der Waals surface area contributed by atoms with Crippen LogP contribution >= 0.6 is 0 Å². The number of carbonyl (C=O) groups is 1. The maximum atomic E-state index is 12.2. The van der Waals surface area contributed by atoms with E-state index in [0.717, 1.165) is 23.2 Å². The molecular weight excluding hydrogens is 326 g/mol. The normalized spacial score (nSPS) is 10.4. The molecule has 0 saturated carbocycles. The molecule has 0 aliphatic heterocycles. The van der Waals surface area contributed by atoms with E-state index in [1.165, 1.54) is 5.56 Å². The van der Waals surface area contributed by atoms with Crippen LogP contribution in [-0.4, -0.2) is 21.1 Å². The highest BCUT2D eigenvalue weighted by molar-refractivity contribution is 5.92. The molecule has 0 aliphatic carbocycles. The van der Waals surface area contributed by atoms with Crippen molar-refractivity contribution in [2.24, 2.45) is 0 Å². The Morgan fingerprint density at radius 2 is 1.96 bits per heavy atom. The zero-order valence-electron chi connectivity index (χ0n) is 14.9. The van der Waals surface area contributed by atoms with E-state index in [2.05, 4.69) is 51.8 Å². The summed E-state index contributed by atoms with van der Waals surface area (Å²) in [6.45, 7) is 4.56. The minimum Gasteiger partial charge on any atom is -0.347 e. The van der Waals surface area contributed by atoms with Gasteiger partial charge in [-0.2, -0.15) is 0 Å². The Morgan fingerprint density at radius 3 is 2.65 bits per heavy atom. The first-order valence-corrected chi connectivity index (χ1v) is 8.53. The molecule has 0 atom stereocenters. The lowest BCUT2D eigenvalue weighted by atomic mass is 10.1. The first-order valence-electron chi connectivity index (χ1n) is 8.53. The van der Waals surface area contributed by atoms with Crippen LogP contribution in [0.2, 0.25) is 0 Å². The standard InChI is InChI=1S/C20H21N5O/c1-3-16-8-4-6-14(2)19(16)23-18-10-9-17(24-25-18)20(26)22-13-15-7-5-11-21-12-15/h4-12H,3,13H2,1-2H3,(H,22,26)(H,23,25). The van der Waals surface area contributed by atoms with Crippen molar-refractivity contribution in [2.75, 3.05) is 5.32 Å². The topological polar surface area (TPSA) is 79.8 Å². The van der Waals surface area contributed by atoms with E-state index >= 15 is 0 Å². The third-order valence-corrected chi connectivity index (χ3v) is 4.07. The first kappa shape index (κ1) is 17.5. The third kappa shape index (κ3) is 4.22. The molecule has 0 bridgehead atoms. The first-order chi connectivity index (χ1) is 12.7. The zero-order chi connectivity index (χ0) is 18.4. The van der Waals surface area contributed by atoms with Crippen molar-refractivity contribution in [2.45, 2.75) is 26.8 Å². The smallest absolute Gasteiger partial charge is 0.272 e. The van der Waals surface area contributed by atoms with Gasteiger partial charge in [0.05, 0.1) is 0 Å². The maximum absolute atomic E-state index is 12.2. The number of pyridine rings is 1. The molecule has 6 nitrogen and oxygen atoms in total. The van der Waals surface area contributed by atoms with Crippen molar-refractivity contribution in [3.05, 3.63) is 77.2 Å². The molecule has 2 N–H and O–H groups in total. The Bertz CT molecular complexity index is 878. The fourth-order valence-corrected chi connectivity index (χ4v) is 2.63. The molecule has 0 aliphatic rings. The lowest BCUT2D eigenvalue weighted by Gasteiger charge is -2.13. The molecule has 0 radical (unpaired) electrons. The van der Waals surface area contributed by atoms with Gasteiger partial charge in [-0.25, -0.2) is 0 Å². The Kier molecular flexibility index (Phi) is 5.53. The number of aryl methyl sites for hydroxylation is 2. The van der Waals surface area contributed by atoms with E-state index in [1.54, 1.807) is 24.5 Å². The van der Waals surface area contributed by atoms with Gasteiger partial charge in [0.1, 0.15) is 0 Å². The van der Waals surface area contributed by atoms with Gasteiger partial charge < -0.3 is 10.6 Å². The molecule has 26 heavy (non-hydrogen) atoms. The van der Waals surface area contributed by atoms with Crippen LogP contribution in [0.4, 0.5) is 11.5 Å². The molecule has 2 heterocycles. The molecule has 0 unspecified atom stereocenters. The molecule has 2 aromatic heterocycles. The largest absolute Gasteiger partial charge is 0.347 e. The highest BCUT2D eigenvalue weighted by Gasteiger charge is 2.10. The van der Waals surface area contributed by atoms with Crippen molar-refractivity contribution in [3.63, 3.8) is 0 Å². The van der Waals surface area contributed by atoms with Gasteiger partial charge in [0.2, 0.25) is 0 Å². The van der Waals surface area contributed by atoms with Crippen LogP contribution in [0.25, 0.3) is 0 Å². The number of nitrogens with one attached hydrogen (secondary N) is 2. The second-order valence-corrected chi connectivity index (χ2v) is 5.94. The van der Waals surface area contributed by atoms with Crippen molar-refractivity contribution in [3.8, 4) is 0 Å². The van der Waals surface area contributed by atoms with Crippen molar-refractivity contribution in [1.82, 2.24) is 20.5 Å². The number of amides is 1. The molecule has 1 aromatic carbocycles. The second-order valence-electron chi connectivity index (χ2n) is 5.94. The summed E-state index contributed by atoms with van der Waals surface area (Å²) in [6, 6.07) is 13.3. The minimum absolute atomic E-state index is 0.266. The fraction of sp³-hybridized carbons (Fsp3) is 0.200. The Hall–Kier alpha value is -3.28. The summed E-state index contributed by atoms with van der Waals surface area (Å²) in [5.74, 6) is 0.343. The predicted molar refractivity (Wildman–Crippen MR) is 101 cm³/mol. The molecule has 3 rings (SSSR count). The predicted octanol–water partition coefficient (Wildman–Crippen LogP) is 3.42. The Labute approximate surface area is 152 Å². The number of hydrogen-bond donors (Lipinski definition) is 2. The van der Waals surface area contributed by atoms with Gasteiger partial charge in [0.25, 0.3) is 5.91 Å². The summed E-state index contributed by atoms with van der Waals surface area (Å²) in [5.41, 5.74) is 4.60. The molecule has 0 fully saturated rings. The Balaban J connectivity index is 1.66. The van der Waals surface area contributed by atoms with Gasteiger partial charge in [-0.1, -0.05) is 31.2 Å². The average molecular weight is 347 g/mol. The SMILES string of the molecule is CCc1cccc(C)c1Nc1ccc(C(=O)NCc2cccnc2)nn1. The lowest BCUT2D eigenvalue weighted by molar-refractivity contribution is 0.0945. The van der Waals surface area contributed by atoms with Crippen LogP contribution in [0, 0.1) is 6.92 Å². The van der Waals surface area contributed by atoms with E-state index in [0.29, 0.717) is 12.4 Å². The molecule has 0 saturated heterocycles. The van der Waals surface area contributed by atoms with Crippen molar-refractivity contribution < 1.29 is 4.79 Å². The number of carbonyl (C=O) groups excluding carboxylic acids is 1. The lowest BCUT2D eigenvalue weighted by Crippen LogP contribution is -2.24. The highest BCUT2D eigenvalue weighted by atomic mass is 16.1. The number of anilines is 2. The molecule has 132 valence electrons. The summed E-state index contributed by atoms with van der Waals surface area (Å²) >= 11 is 0. The van der Waals surface area contributed by atoms with Crippen LogP contribution in [0.3, 0.4) is 0 Å². The summed E-state index contributed by atoms with van der Waals surface area (Å²) in [5, 5.41) is 14.3. The van der Waals surface area contributed by atoms with E-state index < -0.39 is 0 Å². The van der Waals surface area contributed by atoms with Gasteiger partial charge in [0.15, 0.2) is 11.5 Å². The third-order valence-electron chi connectivity index (χ3n) is 4.07. The van der Waals surface area contributed by atoms with Crippen LogP contribution < -0.4 is 10.6 Å². The van der Waals surface area contributed by atoms with E-state index in [-0.39, 0.29) is 11.6 Å². The molecule has 3 aromatic rings. The summed E-state index contributed by atoms with van der Waals surface area (Å²) in [7, 11) is 0. The van der Waals surface area contributed by atoms with Crippen LogP contribution in [0.1, 0.15) is 34.1 Å². The van der Waals surface area contributed by atoms with Gasteiger partial charge in [-0.05, 0) is 48.2 Å². The van der Waals surface area contributed by atoms with E-state index in [4.69, 9.17) is 0 Å². The number of benzene rings is 1. The summed E-state index contributed by atoms with van der Waals surface area (Å²) in [6.07, 6.45) is 4.33. The van der Waals surface area contributed by atoms with Crippen LogP contribution in [0.5, 0.6) is 0 Å². The van der Waals surface area contributed by atoms with Crippen molar-refractivity contribution in [1.29, 1.82) is 0 Å². The van der Waals surface area contributed by atoms with Gasteiger partial charge >= 0.3 is 0 Å². The summed E-state index contributed by atoms with van der Waals surface area (Å²) < 4.78 is 0. The van der Waals surface area contributed by atoms with Gasteiger partial charge in [-0.3, -0.25) is 9.78 Å². The number of aromatic nitrogens is 3. The maximum Gasteiger partial charge on any atom is 0.272 e. The fourth-order valence-electron chi connectivity index (χ4n) is 2.63. The zero-order valence-corrected chi connectivity index (χ0v) is 14.9. The number of rotatable bonds is 6. The number of nitrogens with zero attached hydrogens (tertiary/aromatic N) is 3. The average Bonchev–Trinajstić information content (AvgIpc) is 2.69. The summed E-state index contributed by atoms with van der Waals surface area (Å²) in [4.78, 5) is 16.2. The molecule has 6 heteroatoms. The second kappa shape index (κ2) is 8.20. The quantitative estimate of drug-likeness (QED) is 0.714. The molecule has 1 amide bonds. The van der Waals surface area contributed by atoms with Crippen LogP contribution in [0.15, 0.2) is 54.9 Å². The molecular formula is C20H21N5O. The molecule has 0 spiro atoms. The van der Waals surface area contributed by atoms with Crippen LogP contribution in [-0.2, 0) is 13.0 Å². The Morgan fingerprint density at radius 1 is 1.08 bits per heavy atom. The van der Waals surface area contributed by atoms with Gasteiger partial charge in [0, 0.05) is 24.6 Å². The van der Waals surface area contributed by atoms with E-state index in [1.807, 2.05) is 18.2 Å². The minimum atomic E-state index is -0.266. The van der Waals surface area contributed by atoms with Gasteiger partial charge in [-0.15, -0.1) is 10.2 Å². The monoisotopic (exact) mass is 347 g/mol. The van der Waals surface area contributed by atoms with E-state index in [9.17, 15) is 4.79 Å². The number of hydrogen-bond acceptors (Lipinski definition) is 5. The highest BCUT2D eigenvalue weighted by Crippen LogP contribution is 2.24. The van der Waals surface area contributed by atoms with Crippen molar-refractivity contribution >= 4 is 17.4 Å². The number of para-hydroxylation sites is 1.